The molecular weight excluding hydrogens is 210 g/mol. The van der Waals surface area contributed by atoms with E-state index in [2.05, 4.69) is 30.9 Å². The predicted molar refractivity (Wildman–Crippen MR) is 59.7 cm³/mol. The molecule has 2 aromatic rings. The van der Waals surface area contributed by atoms with Gasteiger partial charge in [-0.25, -0.2) is 5.84 Å². The number of nitrogens with one attached hydrogen (secondary N) is 3. The molecule has 0 amide bonds. The number of aliphatic hydroxyl groups excluding tert-OH is 1. The third kappa shape index (κ3) is 2.02. The highest BCUT2D eigenvalue weighted by Crippen LogP contribution is 2.19. The second kappa shape index (κ2) is 4.29. The number of H-pyrrole nitrogens is 1. The second-order valence-corrected chi connectivity index (χ2v) is 3.40. The Morgan fingerprint density at radius 2 is 2.38 bits per heavy atom. The maximum Gasteiger partial charge on any atom is 0.241 e. The highest BCUT2D eigenvalue weighted by molar-refractivity contribution is 5.86. The van der Waals surface area contributed by atoms with Crippen LogP contribution in [0.4, 0.5) is 11.8 Å². The molecule has 0 aliphatic carbocycles. The van der Waals surface area contributed by atoms with Gasteiger partial charge >= 0.3 is 0 Å². The van der Waals surface area contributed by atoms with Crippen LogP contribution in [0.2, 0.25) is 0 Å². The average Bonchev–Trinajstić information content (AvgIpc) is 2.73. The molecule has 16 heavy (non-hydrogen) atoms. The zero-order chi connectivity index (χ0) is 11.5. The number of hydrogen-bond donors (Lipinski definition) is 5. The topological polar surface area (TPSA) is 125 Å². The van der Waals surface area contributed by atoms with Gasteiger partial charge in [-0.15, -0.1) is 0 Å². The summed E-state index contributed by atoms with van der Waals surface area (Å²) >= 11 is 0. The highest BCUT2D eigenvalue weighted by atomic mass is 16.3. The summed E-state index contributed by atoms with van der Waals surface area (Å²) in [4.78, 5) is 8.21. The number of nitrogens with two attached hydrogens (primary N) is 1. The molecule has 8 heteroatoms. The number of hydrazine groups is 1. The number of nitrogen functional groups attached to an aromatic ring is 1. The molecule has 0 aromatic carbocycles. The Hall–Kier alpha value is -1.93. The normalized spacial score (nSPS) is 12.7. The molecule has 0 radical (unpaired) electrons. The maximum absolute atomic E-state index is 9.19. The Morgan fingerprint density at radius 3 is 3.06 bits per heavy atom. The van der Waals surface area contributed by atoms with Crippen molar-refractivity contribution in [1.82, 2.24) is 20.2 Å². The minimum atomic E-state index is -0.466. The van der Waals surface area contributed by atoms with Crippen LogP contribution in [0.15, 0.2) is 6.20 Å². The van der Waals surface area contributed by atoms with E-state index in [1.165, 1.54) is 0 Å². The van der Waals surface area contributed by atoms with Gasteiger partial charge in [0.25, 0.3) is 0 Å². The number of aromatic nitrogens is 4. The van der Waals surface area contributed by atoms with Gasteiger partial charge in [0.15, 0.2) is 5.65 Å². The Kier molecular flexibility index (Phi) is 2.84. The first-order valence-electron chi connectivity index (χ1n) is 4.80. The van der Waals surface area contributed by atoms with Gasteiger partial charge in [0.1, 0.15) is 5.82 Å². The lowest BCUT2D eigenvalue weighted by Crippen LogP contribution is -2.17. The standard InChI is InChI=1S/C8H13N7O/c1-4(16)2-10-6-5-3-11-15-7(5)13-8(12-6)14-9/h3-4,16H,2,9H2,1H3,(H3,10,11,12,13,14,15). The summed E-state index contributed by atoms with van der Waals surface area (Å²) < 4.78 is 0. The van der Waals surface area contributed by atoms with Crippen LogP contribution >= 0.6 is 0 Å². The Balaban J connectivity index is 2.36. The van der Waals surface area contributed by atoms with E-state index in [9.17, 15) is 5.11 Å². The van der Waals surface area contributed by atoms with Crippen LogP contribution in [-0.2, 0) is 0 Å². The van der Waals surface area contributed by atoms with Crippen molar-refractivity contribution >= 4 is 22.8 Å². The number of anilines is 2. The van der Waals surface area contributed by atoms with Crippen LogP contribution in [0, 0.1) is 0 Å². The zero-order valence-electron chi connectivity index (χ0n) is 8.73. The lowest BCUT2D eigenvalue weighted by Gasteiger charge is -2.09. The average molecular weight is 223 g/mol. The summed E-state index contributed by atoms with van der Waals surface area (Å²) in [6.07, 6.45) is 1.14. The lowest BCUT2D eigenvalue weighted by atomic mass is 10.3. The summed E-state index contributed by atoms with van der Waals surface area (Å²) in [6.45, 7) is 2.07. The first-order chi connectivity index (χ1) is 7.70. The molecule has 2 heterocycles. The highest BCUT2D eigenvalue weighted by Gasteiger charge is 2.09. The van der Waals surface area contributed by atoms with Gasteiger partial charge in [-0.3, -0.25) is 10.5 Å². The summed E-state index contributed by atoms with van der Waals surface area (Å²) in [6, 6.07) is 0. The van der Waals surface area contributed by atoms with Crippen molar-refractivity contribution in [3.8, 4) is 0 Å². The molecule has 1 unspecified atom stereocenters. The molecule has 1 atom stereocenters. The summed E-state index contributed by atoms with van der Waals surface area (Å²) in [5.74, 6) is 6.11. The van der Waals surface area contributed by atoms with E-state index in [-0.39, 0.29) is 5.95 Å². The van der Waals surface area contributed by atoms with Crippen molar-refractivity contribution in [3.05, 3.63) is 6.20 Å². The fourth-order valence-corrected chi connectivity index (χ4v) is 1.28. The molecule has 0 saturated carbocycles. The van der Waals surface area contributed by atoms with Gasteiger partial charge in [-0.2, -0.15) is 15.1 Å². The molecule has 0 saturated heterocycles. The molecule has 0 bridgehead atoms. The van der Waals surface area contributed by atoms with Crippen molar-refractivity contribution < 1.29 is 5.11 Å². The SMILES string of the molecule is CC(O)CNc1nc(NN)nc2[nH]ncc12. The molecule has 2 aromatic heterocycles. The predicted octanol–water partition coefficient (Wildman–Crippen LogP) is -0.569. The molecule has 0 aliphatic heterocycles. The van der Waals surface area contributed by atoms with E-state index in [0.717, 1.165) is 5.39 Å². The van der Waals surface area contributed by atoms with Gasteiger partial charge in [-0.1, -0.05) is 0 Å². The Morgan fingerprint density at radius 1 is 1.56 bits per heavy atom. The van der Waals surface area contributed by atoms with Crippen LogP contribution in [0.1, 0.15) is 6.92 Å². The number of hydrogen-bond acceptors (Lipinski definition) is 7. The van der Waals surface area contributed by atoms with Crippen LogP contribution in [-0.4, -0.2) is 37.9 Å². The van der Waals surface area contributed by atoms with Crippen LogP contribution in [0.3, 0.4) is 0 Å². The molecule has 0 spiro atoms. The summed E-state index contributed by atoms with van der Waals surface area (Å²) in [5.41, 5.74) is 2.94. The lowest BCUT2D eigenvalue weighted by molar-refractivity contribution is 0.208. The molecule has 8 nitrogen and oxygen atoms in total. The third-order valence-corrected chi connectivity index (χ3v) is 2.00. The molecular formula is C8H13N7O. The van der Waals surface area contributed by atoms with E-state index >= 15 is 0 Å². The monoisotopic (exact) mass is 223 g/mol. The van der Waals surface area contributed by atoms with Crippen molar-refractivity contribution in [3.63, 3.8) is 0 Å². The van der Waals surface area contributed by atoms with Gasteiger partial charge in [-0.05, 0) is 6.92 Å². The maximum atomic E-state index is 9.19. The molecule has 0 fully saturated rings. The Labute approximate surface area is 91.2 Å². The van der Waals surface area contributed by atoms with Gasteiger partial charge in [0.05, 0.1) is 17.7 Å². The van der Waals surface area contributed by atoms with Gasteiger partial charge in [0.2, 0.25) is 5.95 Å². The number of rotatable bonds is 4. The number of nitrogens with zero attached hydrogens (tertiary/aromatic N) is 3. The van der Waals surface area contributed by atoms with E-state index in [0.29, 0.717) is 18.0 Å². The number of aliphatic hydroxyl groups is 1. The molecule has 2 rings (SSSR count). The number of fused-ring (bicyclic) bond motifs is 1. The van der Waals surface area contributed by atoms with E-state index in [4.69, 9.17) is 5.84 Å². The van der Waals surface area contributed by atoms with E-state index in [1.54, 1.807) is 13.1 Å². The number of aromatic amines is 1. The molecule has 6 N–H and O–H groups in total. The zero-order valence-corrected chi connectivity index (χ0v) is 8.73. The largest absolute Gasteiger partial charge is 0.392 e. The molecule has 86 valence electrons. The summed E-state index contributed by atoms with van der Waals surface area (Å²) in [5, 5.41) is 19.5. The van der Waals surface area contributed by atoms with Crippen molar-refractivity contribution in [2.45, 2.75) is 13.0 Å². The van der Waals surface area contributed by atoms with Crippen LogP contribution in [0.25, 0.3) is 11.0 Å². The van der Waals surface area contributed by atoms with Crippen molar-refractivity contribution in [2.75, 3.05) is 17.3 Å². The van der Waals surface area contributed by atoms with E-state index in [1.807, 2.05) is 0 Å². The first kappa shape index (κ1) is 10.6. The molecule has 0 aliphatic rings. The fourth-order valence-electron chi connectivity index (χ4n) is 1.28. The van der Waals surface area contributed by atoms with Crippen molar-refractivity contribution in [1.29, 1.82) is 0 Å². The fraction of sp³-hybridized carbons (Fsp3) is 0.375. The minimum Gasteiger partial charge on any atom is -0.392 e. The van der Waals surface area contributed by atoms with Crippen molar-refractivity contribution in [2.24, 2.45) is 5.84 Å². The minimum absolute atomic E-state index is 0.282. The summed E-state index contributed by atoms with van der Waals surface area (Å²) in [7, 11) is 0. The first-order valence-corrected chi connectivity index (χ1v) is 4.80. The van der Waals surface area contributed by atoms with Gasteiger partial charge in [0, 0.05) is 6.54 Å². The van der Waals surface area contributed by atoms with Gasteiger partial charge < -0.3 is 10.4 Å². The van der Waals surface area contributed by atoms with Crippen LogP contribution in [0.5, 0.6) is 0 Å². The second-order valence-electron chi connectivity index (χ2n) is 3.40. The quantitative estimate of drug-likeness (QED) is 0.347. The Bertz CT molecular complexity index is 480. The third-order valence-electron chi connectivity index (χ3n) is 2.00. The van der Waals surface area contributed by atoms with E-state index < -0.39 is 6.10 Å². The van der Waals surface area contributed by atoms with Crippen LogP contribution < -0.4 is 16.6 Å². The smallest absolute Gasteiger partial charge is 0.241 e.